The molecule has 0 heterocycles. The Balaban J connectivity index is 4.59. The lowest BCUT2D eigenvalue weighted by Gasteiger charge is -2.30. The highest BCUT2D eigenvalue weighted by molar-refractivity contribution is 6.15. The van der Waals surface area contributed by atoms with Crippen LogP contribution >= 0.6 is 0 Å². The molecule has 0 aliphatic heterocycles. The van der Waals surface area contributed by atoms with Crippen LogP contribution in [0.25, 0.3) is 0 Å². The van der Waals surface area contributed by atoms with E-state index >= 15 is 0 Å². The Morgan fingerprint density at radius 1 is 1.50 bits per heavy atom. The van der Waals surface area contributed by atoms with Crippen molar-refractivity contribution in [2.24, 2.45) is 0 Å². The summed E-state index contributed by atoms with van der Waals surface area (Å²) in [6, 6.07) is 0. The molecule has 72 valence electrons. The van der Waals surface area contributed by atoms with Crippen molar-refractivity contribution in [1.29, 1.82) is 0 Å². The third-order valence-electron chi connectivity index (χ3n) is 1.86. The largest absolute Gasteiger partial charge is 0.376 e. The standard InChI is InChI=1S/C7H17NO3Si/c1-5-7(10-3,11-4)6(9)8(2)12/h5H2,1-4,12H3. The Hall–Kier alpha value is -0.393. The summed E-state index contributed by atoms with van der Waals surface area (Å²) in [6.07, 6.45) is 0.519. The van der Waals surface area contributed by atoms with E-state index in [-0.39, 0.29) is 5.91 Å². The molecule has 0 aliphatic rings. The van der Waals surface area contributed by atoms with Crippen molar-refractivity contribution < 1.29 is 14.3 Å². The van der Waals surface area contributed by atoms with Crippen molar-refractivity contribution in [2.45, 2.75) is 19.1 Å². The molecule has 0 aromatic heterocycles. The highest BCUT2D eigenvalue weighted by Gasteiger charge is 2.37. The van der Waals surface area contributed by atoms with Gasteiger partial charge in [-0.1, -0.05) is 6.92 Å². The molecule has 0 unspecified atom stereocenters. The van der Waals surface area contributed by atoms with Crippen LogP contribution in [0.5, 0.6) is 0 Å². The van der Waals surface area contributed by atoms with Crippen LogP contribution in [0.15, 0.2) is 0 Å². The maximum absolute atomic E-state index is 11.6. The van der Waals surface area contributed by atoms with Crippen LogP contribution in [0.1, 0.15) is 13.3 Å². The fourth-order valence-electron chi connectivity index (χ4n) is 1.04. The smallest absolute Gasteiger partial charge is 0.274 e. The molecule has 0 spiro atoms. The summed E-state index contributed by atoms with van der Waals surface area (Å²) in [5.41, 5.74) is 0. The Morgan fingerprint density at radius 2 is 1.92 bits per heavy atom. The number of nitrogens with zero attached hydrogens (tertiary/aromatic N) is 1. The van der Waals surface area contributed by atoms with Gasteiger partial charge < -0.3 is 14.0 Å². The number of carbonyl (C=O) groups is 1. The summed E-state index contributed by atoms with van der Waals surface area (Å²) in [5.74, 6) is -1.18. The summed E-state index contributed by atoms with van der Waals surface area (Å²) in [7, 11) is 5.37. The first kappa shape index (κ1) is 11.6. The molecule has 0 atom stereocenters. The van der Waals surface area contributed by atoms with Gasteiger partial charge >= 0.3 is 0 Å². The van der Waals surface area contributed by atoms with E-state index in [1.165, 1.54) is 14.2 Å². The van der Waals surface area contributed by atoms with Gasteiger partial charge in [-0.3, -0.25) is 4.79 Å². The fourth-order valence-corrected chi connectivity index (χ4v) is 1.38. The van der Waals surface area contributed by atoms with Gasteiger partial charge in [0.15, 0.2) is 0 Å². The molecule has 0 saturated carbocycles. The number of methoxy groups -OCH3 is 2. The minimum Gasteiger partial charge on any atom is -0.376 e. The van der Waals surface area contributed by atoms with E-state index in [0.29, 0.717) is 16.8 Å². The number of likely N-dealkylation sites (N-methyl/N-ethyl adjacent to an activating group) is 1. The van der Waals surface area contributed by atoms with Gasteiger partial charge in [-0.05, 0) is 7.05 Å². The molecule has 0 radical (unpaired) electrons. The van der Waals surface area contributed by atoms with Gasteiger partial charge in [0.1, 0.15) is 10.4 Å². The monoisotopic (exact) mass is 191 g/mol. The molecule has 0 saturated heterocycles. The molecule has 4 nitrogen and oxygen atoms in total. The van der Waals surface area contributed by atoms with Crippen LogP contribution in [0, 0.1) is 0 Å². The third-order valence-corrected chi connectivity index (χ3v) is 2.26. The van der Waals surface area contributed by atoms with Gasteiger partial charge in [-0.15, -0.1) is 0 Å². The van der Waals surface area contributed by atoms with Gasteiger partial charge in [-0.2, -0.15) is 0 Å². The fraction of sp³-hybridized carbons (Fsp3) is 0.857. The first-order valence-electron chi connectivity index (χ1n) is 3.86. The van der Waals surface area contributed by atoms with E-state index < -0.39 is 5.79 Å². The quantitative estimate of drug-likeness (QED) is 0.428. The number of amides is 1. The number of hydrogen-bond donors (Lipinski definition) is 0. The molecule has 0 aromatic carbocycles. The first-order valence-corrected chi connectivity index (χ1v) is 4.75. The Labute approximate surface area is 76.3 Å². The summed E-state index contributed by atoms with van der Waals surface area (Å²) >= 11 is 0. The molecule has 1 amide bonds. The van der Waals surface area contributed by atoms with Crippen LogP contribution in [-0.2, 0) is 14.3 Å². The zero-order valence-electron chi connectivity index (χ0n) is 8.38. The van der Waals surface area contributed by atoms with E-state index in [9.17, 15) is 4.79 Å². The third kappa shape index (κ3) is 2.06. The van der Waals surface area contributed by atoms with Crippen molar-refractivity contribution in [1.82, 2.24) is 4.57 Å². The Morgan fingerprint density at radius 3 is 2.00 bits per heavy atom. The maximum Gasteiger partial charge on any atom is 0.274 e. The molecule has 0 N–H and O–H groups in total. The second-order valence-corrected chi connectivity index (χ2v) is 4.06. The highest BCUT2D eigenvalue weighted by Crippen LogP contribution is 2.17. The minimum absolute atomic E-state index is 0.110. The van der Waals surface area contributed by atoms with E-state index in [0.717, 1.165) is 0 Å². The molecular weight excluding hydrogens is 174 g/mol. The molecule has 0 fully saturated rings. The predicted octanol–water partition coefficient (Wildman–Crippen LogP) is -0.876. The van der Waals surface area contributed by atoms with Crippen molar-refractivity contribution in [3.8, 4) is 0 Å². The predicted molar refractivity (Wildman–Crippen MR) is 49.7 cm³/mol. The van der Waals surface area contributed by atoms with E-state index in [1.54, 1.807) is 11.6 Å². The van der Waals surface area contributed by atoms with Crippen molar-refractivity contribution in [3.05, 3.63) is 0 Å². The first-order chi connectivity index (χ1) is 5.54. The molecule has 5 heteroatoms. The topological polar surface area (TPSA) is 38.8 Å². The van der Waals surface area contributed by atoms with E-state index in [1.807, 2.05) is 6.92 Å². The van der Waals surface area contributed by atoms with Crippen molar-refractivity contribution in [2.75, 3.05) is 21.3 Å². The lowest BCUT2D eigenvalue weighted by atomic mass is 10.2. The van der Waals surface area contributed by atoms with Crippen LogP contribution in [0.2, 0.25) is 0 Å². The second-order valence-electron chi connectivity index (χ2n) is 2.71. The van der Waals surface area contributed by atoms with Gasteiger partial charge in [0.2, 0.25) is 5.79 Å². The average Bonchev–Trinajstić information content (AvgIpc) is 2.08. The average molecular weight is 191 g/mol. The van der Waals surface area contributed by atoms with Crippen LogP contribution in [-0.4, -0.2) is 47.9 Å². The number of carbonyl (C=O) groups excluding carboxylic acids is 1. The number of ether oxygens (including phenoxy) is 2. The molecule has 12 heavy (non-hydrogen) atoms. The zero-order chi connectivity index (χ0) is 9.78. The molecule has 0 bridgehead atoms. The zero-order valence-corrected chi connectivity index (χ0v) is 10.4. The maximum atomic E-state index is 11.6. The van der Waals surface area contributed by atoms with Crippen molar-refractivity contribution >= 4 is 16.3 Å². The van der Waals surface area contributed by atoms with Gasteiger partial charge in [0.25, 0.3) is 5.91 Å². The van der Waals surface area contributed by atoms with Crippen molar-refractivity contribution in [3.63, 3.8) is 0 Å². The van der Waals surface area contributed by atoms with E-state index in [2.05, 4.69) is 0 Å². The lowest BCUT2D eigenvalue weighted by molar-refractivity contribution is -0.215. The summed E-state index contributed by atoms with van der Waals surface area (Å²) in [4.78, 5) is 11.6. The molecular formula is C7H17NO3Si. The van der Waals surface area contributed by atoms with Crippen LogP contribution < -0.4 is 0 Å². The second kappa shape index (κ2) is 4.59. The highest BCUT2D eigenvalue weighted by atomic mass is 28.2. The number of rotatable bonds is 4. The molecule has 0 rings (SSSR count). The Bertz CT molecular complexity index is 148. The summed E-state index contributed by atoms with van der Waals surface area (Å²) in [6.45, 7) is 1.86. The number of hydrogen-bond acceptors (Lipinski definition) is 3. The van der Waals surface area contributed by atoms with Gasteiger partial charge in [-0.25, -0.2) is 0 Å². The van der Waals surface area contributed by atoms with E-state index in [4.69, 9.17) is 9.47 Å². The SMILES string of the molecule is CCC(OC)(OC)C(=O)N(C)[SiH3]. The van der Waals surface area contributed by atoms with Crippen LogP contribution in [0.4, 0.5) is 0 Å². The lowest BCUT2D eigenvalue weighted by Crippen LogP contribution is -2.49. The minimum atomic E-state index is -1.07. The summed E-state index contributed by atoms with van der Waals surface area (Å²) in [5, 5.41) is 0. The van der Waals surface area contributed by atoms with Gasteiger partial charge in [0, 0.05) is 20.6 Å². The van der Waals surface area contributed by atoms with Crippen LogP contribution in [0.3, 0.4) is 0 Å². The summed E-state index contributed by atoms with van der Waals surface area (Å²) < 4.78 is 11.7. The molecule has 0 aliphatic carbocycles. The normalized spacial score (nSPS) is 11.7. The molecule has 0 aromatic rings. The Kier molecular flexibility index (Phi) is 4.44. The van der Waals surface area contributed by atoms with Gasteiger partial charge in [0.05, 0.1) is 0 Å².